The van der Waals surface area contributed by atoms with Gasteiger partial charge in [0, 0.05) is 12.5 Å². The van der Waals surface area contributed by atoms with Gasteiger partial charge in [-0.1, -0.05) is 6.92 Å². The molecular weight excluding hydrogens is 152 g/mol. The van der Waals surface area contributed by atoms with Gasteiger partial charge in [-0.2, -0.15) is 5.10 Å². The van der Waals surface area contributed by atoms with Crippen molar-refractivity contribution < 1.29 is 0 Å². The third kappa shape index (κ3) is 2.62. The van der Waals surface area contributed by atoms with Gasteiger partial charge >= 0.3 is 0 Å². The number of aromatic nitrogens is 3. The quantitative estimate of drug-likeness (QED) is 0.694. The number of aromatic amines is 1. The molecule has 0 amide bonds. The van der Waals surface area contributed by atoms with Crippen LogP contribution in [0.5, 0.6) is 0 Å². The van der Waals surface area contributed by atoms with E-state index in [0.29, 0.717) is 6.04 Å². The fourth-order valence-electron chi connectivity index (χ4n) is 1.17. The van der Waals surface area contributed by atoms with Crippen molar-refractivity contribution in [2.45, 2.75) is 33.2 Å². The maximum absolute atomic E-state index is 4.23. The van der Waals surface area contributed by atoms with Gasteiger partial charge in [-0.25, -0.2) is 4.98 Å². The SMILES string of the molecule is CCNC(C)Cc1n[nH]c(C)n1. The first-order chi connectivity index (χ1) is 5.72. The minimum absolute atomic E-state index is 0.449. The Morgan fingerprint density at radius 2 is 2.33 bits per heavy atom. The molecule has 1 atom stereocenters. The van der Waals surface area contributed by atoms with E-state index < -0.39 is 0 Å². The number of hydrogen-bond acceptors (Lipinski definition) is 3. The molecule has 68 valence electrons. The van der Waals surface area contributed by atoms with Crippen LogP contribution in [0.15, 0.2) is 0 Å². The number of hydrogen-bond donors (Lipinski definition) is 2. The van der Waals surface area contributed by atoms with E-state index in [1.807, 2.05) is 6.92 Å². The number of likely N-dealkylation sites (N-methyl/N-ethyl adjacent to an activating group) is 1. The minimum atomic E-state index is 0.449. The van der Waals surface area contributed by atoms with E-state index >= 15 is 0 Å². The molecule has 1 rings (SSSR count). The Hall–Kier alpha value is -0.900. The van der Waals surface area contributed by atoms with Gasteiger partial charge in [-0.15, -0.1) is 0 Å². The molecule has 0 aromatic carbocycles. The molecule has 4 nitrogen and oxygen atoms in total. The van der Waals surface area contributed by atoms with Crippen LogP contribution in [0.1, 0.15) is 25.5 Å². The van der Waals surface area contributed by atoms with E-state index in [9.17, 15) is 0 Å². The second kappa shape index (κ2) is 4.21. The zero-order valence-electron chi connectivity index (χ0n) is 7.89. The fraction of sp³-hybridized carbons (Fsp3) is 0.750. The molecule has 1 unspecified atom stereocenters. The molecule has 0 spiro atoms. The summed E-state index contributed by atoms with van der Waals surface area (Å²) >= 11 is 0. The summed E-state index contributed by atoms with van der Waals surface area (Å²) in [6.07, 6.45) is 0.887. The van der Waals surface area contributed by atoms with Crippen LogP contribution in [0, 0.1) is 6.92 Å². The molecule has 0 aliphatic heterocycles. The van der Waals surface area contributed by atoms with Gasteiger partial charge in [0.25, 0.3) is 0 Å². The monoisotopic (exact) mass is 168 g/mol. The summed E-state index contributed by atoms with van der Waals surface area (Å²) in [5.74, 6) is 1.77. The number of nitrogens with zero attached hydrogens (tertiary/aromatic N) is 2. The zero-order chi connectivity index (χ0) is 8.97. The topological polar surface area (TPSA) is 53.6 Å². The minimum Gasteiger partial charge on any atom is -0.314 e. The highest BCUT2D eigenvalue weighted by Gasteiger charge is 2.05. The predicted molar refractivity (Wildman–Crippen MR) is 48.0 cm³/mol. The van der Waals surface area contributed by atoms with Crippen LogP contribution in [0.4, 0.5) is 0 Å². The van der Waals surface area contributed by atoms with E-state index in [-0.39, 0.29) is 0 Å². The molecule has 0 aliphatic carbocycles. The molecule has 1 aromatic rings. The lowest BCUT2D eigenvalue weighted by Gasteiger charge is -2.08. The summed E-state index contributed by atoms with van der Waals surface area (Å²) in [4.78, 5) is 4.23. The molecule has 0 radical (unpaired) electrons. The summed E-state index contributed by atoms with van der Waals surface area (Å²) < 4.78 is 0. The number of H-pyrrole nitrogens is 1. The largest absolute Gasteiger partial charge is 0.314 e. The molecule has 0 saturated carbocycles. The van der Waals surface area contributed by atoms with E-state index in [1.54, 1.807) is 0 Å². The second-order valence-corrected chi connectivity index (χ2v) is 3.00. The van der Waals surface area contributed by atoms with Crippen molar-refractivity contribution in [1.29, 1.82) is 0 Å². The molecule has 12 heavy (non-hydrogen) atoms. The molecule has 2 N–H and O–H groups in total. The maximum Gasteiger partial charge on any atom is 0.152 e. The van der Waals surface area contributed by atoms with Gasteiger partial charge in [0.2, 0.25) is 0 Å². The van der Waals surface area contributed by atoms with Gasteiger partial charge < -0.3 is 5.32 Å². The van der Waals surface area contributed by atoms with Crippen molar-refractivity contribution in [3.8, 4) is 0 Å². The van der Waals surface area contributed by atoms with Crippen molar-refractivity contribution in [3.05, 3.63) is 11.6 Å². The Balaban J connectivity index is 2.41. The van der Waals surface area contributed by atoms with Crippen molar-refractivity contribution in [2.75, 3.05) is 6.54 Å². The summed E-state index contributed by atoms with van der Waals surface area (Å²) in [6.45, 7) is 7.13. The van der Waals surface area contributed by atoms with Gasteiger partial charge in [0.15, 0.2) is 5.82 Å². The van der Waals surface area contributed by atoms with E-state index in [1.165, 1.54) is 0 Å². The lowest BCUT2D eigenvalue weighted by Crippen LogP contribution is -2.27. The van der Waals surface area contributed by atoms with Gasteiger partial charge in [-0.3, -0.25) is 5.10 Å². The van der Waals surface area contributed by atoms with Crippen LogP contribution >= 0.6 is 0 Å². The van der Waals surface area contributed by atoms with Crippen LogP contribution in [-0.4, -0.2) is 27.8 Å². The number of rotatable bonds is 4. The van der Waals surface area contributed by atoms with Crippen LogP contribution in [0.2, 0.25) is 0 Å². The second-order valence-electron chi connectivity index (χ2n) is 3.00. The number of aryl methyl sites for hydroxylation is 1. The average Bonchev–Trinajstić information content (AvgIpc) is 2.36. The highest BCUT2D eigenvalue weighted by atomic mass is 15.2. The molecule has 1 heterocycles. The Labute approximate surface area is 72.8 Å². The van der Waals surface area contributed by atoms with Gasteiger partial charge in [-0.05, 0) is 20.4 Å². The van der Waals surface area contributed by atoms with Crippen molar-refractivity contribution >= 4 is 0 Å². The Bertz CT molecular complexity index is 231. The van der Waals surface area contributed by atoms with Crippen molar-refractivity contribution in [2.24, 2.45) is 0 Å². The first-order valence-electron chi connectivity index (χ1n) is 4.33. The molecule has 1 aromatic heterocycles. The standard InChI is InChI=1S/C8H16N4/c1-4-9-6(2)5-8-10-7(3)11-12-8/h6,9H,4-5H2,1-3H3,(H,10,11,12). The van der Waals surface area contributed by atoms with E-state index in [0.717, 1.165) is 24.6 Å². The third-order valence-corrected chi connectivity index (χ3v) is 1.68. The molecular formula is C8H16N4. The molecule has 0 fully saturated rings. The Morgan fingerprint density at radius 3 is 2.83 bits per heavy atom. The van der Waals surface area contributed by atoms with Crippen LogP contribution in [0.3, 0.4) is 0 Å². The maximum atomic E-state index is 4.23. The smallest absolute Gasteiger partial charge is 0.152 e. The molecule has 4 heteroatoms. The van der Waals surface area contributed by atoms with Crippen molar-refractivity contribution in [3.63, 3.8) is 0 Å². The van der Waals surface area contributed by atoms with E-state index in [4.69, 9.17) is 0 Å². The highest BCUT2D eigenvalue weighted by Crippen LogP contribution is 1.95. The average molecular weight is 168 g/mol. The molecule has 0 saturated heterocycles. The zero-order valence-corrected chi connectivity index (χ0v) is 7.89. The lowest BCUT2D eigenvalue weighted by atomic mass is 10.2. The molecule has 0 aliphatic rings. The van der Waals surface area contributed by atoms with Crippen molar-refractivity contribution in [1.82, 2.24) is 20.5 Å². The first kappa shape index (κ1) is 9.19. The lowest BCUT2D eigenvalue weighted by molar-refractivity contribution is 0.553. The predicted octanol–water partition coefficient (Wildman–Crippen LogP) is 0.654. The van der Waals surface area contributed by atoms with Crippen LogP contribution in [0.25, 0.3) is 0 Å². The third-order valence-electron chi connectivity index (χ3n) is 1.68. The summed E-state index contributed by atoms with van der Waals surface area (Å²) in [5.41, 5.74) is 0. The van der Waals surface area contributed by atoms with Crippen LogP contribution < -0.4 is 5.32 Å². The summed E-state index contributed by atoms with van der Waals surface area (Å²) in [6, 6.07) is 0.449. The molecule has 0 bridgehead atoms. The first-order valence-corrected chi connectivity index (χ1v) is 4.33. The fourth-order valence-corrected chi connectivity index (χ4v) is 1.17. The summed E-state index contributed by atoms with van der Waals surface area (Å²) in [7, 11) is 0. The Morgan fingerprint density at radius 1 is 1.58 bits per heavy atom. The van der Waals surface area contributed by atoms with Gasteiger partial charge in [0.1, 0.15) is 5.82 Å². The normalized spacial score (nSPS) is 13.2. The van der Waals surface area contributed by atoms with E-state index in [2.05, 4.69) is 34.3 Å². The number of nitrogens with one attached hydrogen (secondary N) is 2. The summed E-state index contributed by atoms with van der Waals surface area (Å²) in [5, 5.41) is 10.2. The van der Waals surface area contributed by atoms with Crippen LogP contribution in [-0.2, 0) is 6.42 Å². The Kier molecular flexibility index (Phi) is 3.22. The highest BCUT2D eigenvalue weighted by molar-refractivity contribution is 4.90. The van der Waals surface area contributed by atoms with Gasteiger partial charge in [0.05, 0.1) is 0 Å².